The smallest absolute Gasteiger partial charge is 0.338 e. The molecule has 5 aromatic rings. The van der Waals surface area contributed by atoms with E-state index in [0.717, 1.165) is 77.8 Å². The predicted molar refractivity (Wildman–Crippen MR) is 201 cm³/mol. The maximum absolute atomic E-state index is 12.6. The lowest BCUT2D eigenvalue weighted by atomic mass is 9.93. The summed E-state index contributed by atoms with van der Waals surface area (Å²) in [6.45, 7) is 1.10. The second kappa shape index (κ2) is 19.7. The molecule has 0 radical (unpaired) electrons. The molecule has 0 aliphatic carbocycles. The first kappa shape index (κ1) is 36.8. The molecular weight excluding hydrogens is 638 g/mol. The number of rotatable bonds is 19. The Labute approximate surface area is 301 Å². The van der Waals surface area contributed by atoms with Gasteiger partial charge < -0.3 is 18.9 Å². The van der Waals surface area contributed by atoms with Gasteiger partial charge in [-0.3, -0.25) is 4.79 Å². The number of esters is 2. The van der Waals surface area contributed by atoms with E-state index in [1.165, 1.54) is 14.2 Å². The van der Waals surface area contributed by atoms with Crippen LogP contribution >= 0.6 is 0 Å². The number of hydrogen-bond acceptors (Lipinski definition) is 7. The van der Waals surface area contributed by atoms with E-state index in [1.807, 2.05) is 84.9 Å². The van der Waals surface area contributed by atoms with Gasteiger partial charge in [0.25, 0.3) is 0 Å². The molecule has 0 aliphatic rings. The summed E-state index contributed by atoms with van der Waals surface area (Å²) < 4.78 is 22.2. The van der Waals surface area contributed by atoms with E-state index in [1.54, 1.807) is 6.07 Å². The van der Waals surface area contributed by atoms with Gasteiger partial charge in [-0.25, -0.2) is 9.78 Å². The van der Waals surface area contributed by atoms with E-state index in [-0.39, 0.29) is 17.9 Å². The number of methoxy groups -OCH3 is 2. The van der Waals surface area contributed by atoms with Crippen molar-refractivity contribution in [2.75, 3.05) is 27.4 Å². The minimum Gasteiger partial charge on any atom is -0.494 e. The van der Waals surface area contributed by atoms with Crippen LogP contribution in [0.25, 0.3) is 22.4 Å². The number of aromatic nitrogens is 1. The molecule has 0 spiro atoms. The zero-order valence-corrected chi connectivity index (χ0v) is 29.6. The fourth-order valence-corrected chi connectivity index (χ4v) is 6.13. The molecule has 1 heterocycles. The average molecular weight is 686 g/mol. The standard InChI is InChI=1S/C44H47NO6/c1-48-43(46)37(30-33-24-26-39(27-25-33)50-29-15-22-35-18-12-13-23-40(35)44(47)49-2)21-7-3-4-14-28-51-42-32-38(34-16-8-5-9-17-34)31-41(45-42)36-19-10-6-11-20-36/h5-6,8-13,16-20,23-27,31-32,37H,3-4,7,14-15,21-22,28-30H2,1-2H3. The number of pyridine rings is 1. The molecule has 7 nitrogen and oxygen atoms in total. The van der Waals surface area contributed by atoms with Crippen molar-refractivity contribution in [1.29, 1.82) is 0 Å². The quantitative estimate of drug-likeness (QED) is 0.0632. The van der Waals surface area contributed by atoms with Crippen molar-refractivity contribution >= 4 is 11.9 Å². The molecule has 0 amide bonds. The first-order chi connectivity index (χ1) is 25.0. The summed E-state index contributed by atoms with van der Waals surface area (Å²) in [5.74, 6) is 0.696. The van der Waals surface area contributed by atoms with Gasteiger partial charge >= 0.3 is 11.9 Å². The molecule has 51 heavy (non-hydrogen) atoms. The van der Waals surface area contributed by atoms with E-state index in [0.29, 0.717) is 37.5 Å². The van der Waals surface area contributed by atoms with Crippen molar-refractivity contribution in [3.63, 3.8) is 0 Å². The van der Waals surface area contributed by atoms with Gasteiger partial charge in [0.05, 0.1) is 44.6 Å². The van der Waals surface area contributed by atoms with Crippen molar-refractivity contribution in [2.45, 2.75) is 51.4 Å². The Morgan fingerprint density at radius 2 is 1.29 bits per heavy atom. The molecule has 0 fully saturated rings. The largest absolute Gasteiger partial charge is 0.494 e. The van der Waals surface area contributed by atoms with Crippen molar-refractivity contribution in [1.82, 2.24) is 4.98 Å². The van der Waals surface area contributed by atoms with Crippen molar-refractivity contribution in [3.8, 4) is 34.0 Å². The maximum atomic E-state index is 12.6. The highest BCUT2D eigenvalue weighted by atomic mass is 16.5. The van der Waals surface area contributed by atoms with Gasteiger partial charge in [-0.1, -0.05) is 110 Å². The van der Waals surface area contributed by atoms with Gasteiger partial charge in [0.2, 0.25) is 5.88 Å². The fourth-order valence-electron chi connectivity index (χ4n) is 6.13. The summed E-state index contributed by atoms with van der Waals surface area (Å²) in [4.78, 5) is 29.5. The van der Waals surface area contributed by atoms with Gasteiger partial charge in [0, 0.05) is 11.6 Å². The van der Waals surface area contributed by atoms with Crippen LogP contribution in [0.2, 0.25) is 0 Å². The summed E-state index contributed by atoms with van der Waals surface area (Å²) in [5.41, 5.74) is 6.75. The van der Waals surface area contributed by atoms with Crippen molar-refractivity contribution in [2.24, 2.45) is 5.92 Å². The summed E-state index contributed by atoms with van der Waals surface area (Å²) in [6.07, 6.45) is 6.69. The molecule has 1 aromatic heterocycles. The van der Waals surface area contributed by atoms with E-state index in [4.69, 9.17) is 23.9 Å². The van der Waals surface area contributed by atoms with Crippen LogP contribution in [0.5, 0.6) is 11.6 Å². The summed E-state index contributed by atoms with van der Waals surface area (Å²) in [5, 5.41) is 0. The van der Waals surface area contributed by atoms with Crippen molar-refractivity contribution < 1.29 is 28.5 Å². The van der Waals surface area contributed by atoms with Gasteiger partial charge in [-0.05, 0) is 78.6 Å². The molecule has 0 saturated carbocycles. The predicted octanol–water partition coefficient (Wildman–Crippen LogP) is 9.58. The molecule has 4 aromatic carbocycles. The summed E-state index contributed by atoms with van der Waals surface area (Å²) in [7, 11) is 2.85. The number of nitrogens with zero attached hydrogens (tertiary/aromatic N) is 1. The fraction of sp³-hybridized carbons (Fsp3) is 0.295. The average Bonchev–Trinajstić information content (AvgIpc) is 3.19. The Balaban J connectivity index is 1.04. The topological polar surface area (TPSA) is 84.0 Å². The lowest BCUT2D eigenvalue weighted by Crippen LogP contribution is -2.18. The molecular formula is C44H47NO6. The third kappa shape index (κ3) is 11.3. The van der Waals surface area contributed by atoms with Gasteiger partial charge in [0.15, 0.2) is 0 Å². The zero-order chi connectivity index (χ0) is 35.7. The molecule has 0 saturated heterocycles. The maximum Gasteiger partial charge on any atom is 0.338 e. The van der Waals surface area contributed by atoms with E-state index >= 15 is 0 Å². The van der Waals surface area contributed by atoms with E-state index in [9.17, 15) is 9.59 Å². The Kier molecular flexibility index (Phi) is 14.2. The van der Waals surface area contributed by atoms with Crippen LogP contribution in [0.15, 0.2) is 121 Å². The van der Waals surface area contributed by atoms with Crippen LogP contribution in [0.3, 0.4) is 0 Å². The van der Waals surface area contributed by atoms with E-state index < -0.39 is 0 Å². The van der Waals surface area contributed by atoms with Crippen LogP contribution in [-0.4, -0.2) is 44.4 Å². The highest BCUT2D eigenvalue weighted by Gasteiger charge is 2.19. The third-order valence-corrected chi connectivity index (χ3v) is 8.90. The number of aryl methyl sites for hydroxylation is 1. The van der Waals surface area contributed by atoms with Crippen LogP contribution in [0, 0.1) is 5.92 Å². The van der Waals surface area contributed by atoms with Gasteiger partial charge in [-0.15, -0.1) is 0 Å². The lowest BCUT2D eigenvalue weighted by Gasteiger charge is -2.15. The Hall–Kier alpha value is -5.43. The summed E-state index contributed by atoms with van der Waals surface area (Å²) in [6, 6.07) is 40.0. The van der Waals surface area contributed by atoms with Gasteiger partial charge in [0.1, 0.15) is 5.75 Å². The molecule has 1 atom stereocenters. The molecule has 0 N–H and O–H groups in total. The molecule has 7 heteroatoms. The highest BCUT2D eigenvalue weighted by molar-refractivity contribution is 5.91. The lowest BCUT2D eigenvalue weighted by molar-refractivity contribution is -0.145. The zero-order valence-electron chi connectivity index (χ0n) is 29.6. The minimum atomic E-state index is -0.325. The van der Waals surface area contributed by atoms with Crippen LogP contribution in [-0.2, 0) is 27.1 Å². The molecule has 5 rings (SSSR count). The molecule has 0 bridgehead atoms. The Morgan fingerprint density at radius 1 is 0.627 bits per heavy atom. The number of unbranched alkanes of at least 4 members (excludes halogenated alkanes) is 3. The second-order valence-corrected chi connectivity index (χ2v) is 12.5. The summed E-state index contributed by atoms with van der Waals surface area (Å²) >= 11 is 0. The van der Waals surface area contributed by atoms with Crippen LogP contribution < -0.4 is 9.47 Å². The number of ether oxygens (including phenoxy) is 4. The Bertz CT molecular complexity index is 1750. The highest BCUT2D eigenvalue weighted by Crippen LogP contribution is 2.29. The van der Waals surface area contributed by atoms with Crippen LogP contribution in [0.4, 0.5) is 0 Å². The minimum absolute atomic E-state index is 0.176. The third-order valence-electron chi connectivity index (χ3n) is 8.90. The Morgan fingerprint density at radius 3 is 2.02 bits per heavy atom. The van der Waals surface area contributed by atoms with Crippen LogP contribution in [0.1, 0.15) is 60.0 Å². The monoisotopic (exact) mass is 685 g/mol. The van der Waals surface area contributed by atoms with E-state index in [2.05, 4.69) is 30.3 Å². The first-order valence-corrected chi connectivity index (χ1v) is 17.8. The number of carbonyl (C=O) groups is 2. The number of benzene rings is 4. The SMILES string of the molecule is COC(=O)c1ccccc1CCCOc1ccc(CC(CCCCCCOc2cc(-c3ccccc3)cc(-c3ccccc3)n2)C(=O)OC)cc1. The van der Waals surface area contributed by atoms with Gasteiger partial charge in [-0.2, -0.15) is 0 Å². The molecule has 264 valence electrons. The molecule has 1 unspecified atom stereocenters. The second-order valence-electron chi connectivity index (χ2n) is 12.5. The number of hydrogen-bond donors (Lipinski definition) is 0. The molecule has 0 aliphatic heterocycles. The normalized spacial score (nSPS) is 11.4. The first-order valence-electron chi connectivity index (χ1n) is 17.8. The number of carbonyl (C=O) groups excluding carboxylic acids is 2. The van der Waals surface area contributed by atoms with Crippen molar-refractivity contribution in [3.05, 3.63) is 138 Å².